The van der Waals surface area contributed by atoms with Crippen LogP contribution in [0.3, 0.4) is 0 Å². The SMILES string of the molecule is CCN(CC)CCn1c(=O)[nH][nH]c1=S. The fourth-order valence-corrected chi connectivity index (χ4v) is 1.54. The molecule has 0 saturated carbocycles. The van der Waals surface area contributed by atoms with Crippen LogP contribution in [0.4, 0.5) is 0 Å². The van der Waals surface area contributed by atoms with Gasteiger partial charge in [0.15, 0.2) is 4.77 Å². The van der Waals surface area contributed by atoms with Crippen molar-refractivity contribution in [3.05, 3.63) is 15.3 Å². The largest absolute Gasteiger partial charge is 0.342 e. The van der Waals surface area contributed by atoms with Crippen molar-refractivity contribution >= 4 is 12.2 Å². The Morgan fingerprint density at radius 1 is 1.36 bits per heavy atom. The summed E-state index contributed by atoms with van der Waals surface area (Å²) in [6, 6.07) is 0. The minimum atomic E-state index is -0.165. The maximum atomic E-state index is 11.2. The molecule has 2 N–H and O–H groups in total. The van der Waals surface area contributed by atoms with Crippen molar-refractivity contribution in [2.45, 2.75) is 20.4 Å². The van der Waals surface area contributed by atoms with Crippen molar-refractivity contribution in [3.8, 4) is 0 Å². The van der Waals surface area contributed by atoms with Gasteiger partial charge in [0, 0.05) is 13.1 Å². The summed E-state index contributed by atoms with van der Waals surface area (Å²) >= 11 is 4.95. The molecule has 0 bridgehead atoms. The van der Waals surface area contributed by atoms with E-state index in [0.29, 0.717) is 11.3 Å². The van der Waals surface area contributed by atoms with Crippen LogP contribution < -0.4 is 5.69 Å². The molecule has 6 heteroatoms. The third kappa shape index (κ3) is 2.55. The van der Waals surface area contributed by atoms with Gasteiger partial charge in [0.1, 0.15) is 0 Å². The van der Waals surface area contributed by atoms with E-state index in [1.54, 1.807) is 0 Å². The summed E-state index contributed by atoms with van der Waals surface area (Å²) in [6.07, 6.45) is 0. The van der Waals surface area contributed by atoms with Crippen LogP contribution in [0.1, 0.15) is 13.8 Å². The van der Waals surface area contributed by atoms with Gasteiger partial charge in [0.2, 0.25) is 0 Å². The number of nitrogens with one attached hydrogen (secondary N) is 2. The summed E-state index contributed by atoms with van der Waals surface area (Å²) < 4.78 is 2.00. The van der Waals surface area contributed by atoms with E-state index >= 15 is 0 Å². The third-order valence-electron chi connectivity index (χ3n) is 2.30. The van der Waals surface area contributed by atoms with Crippen LogP contribution in [-0.4, -0.2) is 39.3 Å². The molecule has 0 saturated heterocycles. The van der Waals surface area contributed by atoms with Crippen molar-refractivity contribution in [2.75, 3.05) is 19.6 Å². The molecule has 14 heavy (non-hydrogen) atoms. The highest BCUT2D eigenvalue weighted by atomic mass is 32.1. The summed E-state index contributed by atoms with van der Waals surface area (Å²) in [6.45, 7) is 7.67. The molecule has 1 aromatic heterocycles. The second kappa shape index (κ2) is 5.11. The Balaban J connectivity index is 2.61. The average molecular weight is 216 g/mol. The van der Waals surface area contributed by atoms with Gasteiger partial charge in [0.05, 0.1) is 0 Å². The Kier molecular flexibility index (Phi) is 4.09. The maximum Gasteiger partial charge on any atom is 0.342 e. The topological polar surface area (TPSA) is 56.8 Å². The lowest BCUT2D eigenvalue weighted by Crippen LogP contribution is -2.30. The van der Waals surface area contributed by atoms with Crippen molar-refractivity contribution in [2.24, 2.45) is 0 Å². The highest BCUT2D eigenvalue weighted by Gasteiger charge is 2.02. The molecule has 0 unspecified atom stereocenters. The van der Waals surface area contributed by atoms with Gasteiger partial charge in [0.25, 0.3) is 0 Å². The van der Waals surface area contributed by atoms with Crippen LogP contribution in [-0.2, 0) is 6.54 Å². The van der Waals surface area contributed by atoms with Crippen LogP contribution >= 0.6 is 12.2 Å². The summed E-state index contributed by atoms with van der Waals surface area (Å²) in [7, 11) is 0. The van der Waals surface area contributed by atoms with E-state index < -0.39 is 0 Å². The van der Waals surface area contributed by atoms with Gasteiger partial charge in [-0.3, -0.25) is 9.67 Å². The van der Waals surface area contributed by atoms with E-state index in [1.807, 2.05) is 0 Å². The first-order chi connectivity index (χ1) is 6.69. The van der Waals surface area contributed by atoms with Crippen LogP contribution in [0.15, 0.2) is 4.79 Å². The molecule has 0 aliphatic carbocycles. The molecule has 0 spiro atoms. The number of hydrogen-bond donors (Lipinski definition) is 2. The zero-order valence-corrected chi connectivity index (χ0v) is 9.36. The lowest BCUT2D eigenvalue weighted by molar-refractivity contribution is 0.288. The molecule has 0 radical (unpaired) electrons. The van der Waals surface area contributed by atoms with E-state index in [0.717, 1.165) is 19.6 Å². The Labute approximate surface area is 87.7 Å². The summed E-state index contributed by atoms with van der Waals surface area (Å²) in [5.41, 5.74) is -0.165. The van der Waals surface area contributed by atoms with E-state index in [9.17, 15) is 4.79 Å². The highest BCUT2D eigenvalue weighted by Crippen LogP contribution is 1.89. The number of nitrogens with zero attached hydrogens (tertiary/aromatic N) is 2. The Morgan fingerprint density at radius 3 is 2.43 bits per heavy atom. The predicted molar refractivity (Wildman–Crippen MR) is 58.0 cm³/mol. The Hall–Kier alpha value is -0.880. The quantitative estimate of drug-likeness (QED) is 0.708. The molecule has 0 aromatic carbocycles. The molecule has 80 valence electrons. The predicted octanol–water partition coefficient (Wildman–Crippen LogP) is 0.576. The first-order valence-corrected chi connectivity index (χ1v) is 5.19. The molecule has 0 aliphatic heterocycles. The fraction of sp³-hybridized carbons (Fsp3) is 0.750. The molecule has 0 atom stereocenters. The minimum absolute atomic E-state index is 0.165. The van der Waals surface area contributed by atoms with Crippen molar-refractivity contribution in [1.29, 1.82) is 0 Å². The smallest absolute Gasteiger partial charge is 0.302 e. The molecule has 0 amide bonds. The van der Waals surface area contributed by atoms with Crippen molar-refractivity contribution in [1.82, 2.24) is 19.7 Å². The van der Waals surface area contributed by atoms with Gasteiger partial charge in [-0.1, -0.05) is 13.8 Å². The zero-order chi connectivity index (χ0) is 10.6. The molecule has 0 aliphatic rings. The van der Waals surface area contributed by atoms with Crippen LogP contribution in [0.2, 0.25) is 0 Å². The molecule has 1 heterocycles. The fourth-order valence-electron chi connectivity index (χ4n) is 1.32. The molecule has 1 rings (SSSR count). The van der Waals surface area contributed by atoms with Crippen LogP contribution in [0.5, 0.6) is 0 Å². The van der Waals surface area contributed by atoms with Gasteiger partial charge in [-0.2, -0.15) is 0 Å². The lowest BCUT2D eigenvalue weighted by Gasteiger charge is -2.17. The Bertz CT molecular complexity index is 346. The number of rotatable bonds is 5. The summed E-state index contributed by atoms with van der Waals surface area (Å²) in [5, 5.41) is 5.07. The van der Waals surface area contributed by atoms with Gasteiger partial charge < -0.3 is 4.90 Å². The summed E-state index contributed by atoms with van der Waals surface area (Å²) in [5.74, 6) is 0. The van der Waals surface area contributed by atoms with E-state index in [-0.39, 0.29) is 5.69 Å². The second-order valence-electron chi connectivity index (χ2n) is 3.04. The van der Waals surface area contributed by atoms with E-state index in [4.69, 9.17) is 12.2 Å². The van der Waals surface area contributed by atoms with Gasteiger partial charge in [-0.25, -0.2) is 9.89 Å². The molecule has 1 aromatic rings. The van der Waals surface area contributed by atoms with E-state index in [2.05, 4.69) is 28.9 Å². The van der Waals surface area contributed by atoms with Crippen molar-refractivity contribution in [3.63, 3.8) is 0 Å². The third-order valence-corrected chi connectivity index (χ3v) is 2.62. The van der Waals surface area contributed by atoms with Gasteiger partial charge >= 0.3 is 5.69 Å². The first-order valence-electron chi connectivity index (χ1n) is 4.78. The maximum absolute atomic E-state index is 11.2. The second-order valence-corrected chi connectivity index (χ2v) is 3.43. The van der Waals surface area contributed by atoms with Crippen LogP contribution in [0, 0.1) is 4.77 Å². The molecular formula is C8H16N4OS. The molecule has 5 nitrogen and oxygen atoms in total. The average Bonchev–Trinajstić information content (AvgIpc) is 2.50. The lowest BCUT2D eigenvalue weighted by atomic mass is 10.4. The zero-order valence-electron chi connectivity index (χ0n) is 8.54. The molecule has 0 fully saturated rings. The van der Waals surface area contributed by atoms with Gasteiger partial charge in [-0.15, -0.1) is 0 Å². The number of aromatic amines is 2. The number of H-pyrrole nitrogens is 2. The van der Waals surface area contributed by atoms with Crippen molar-refractivity contribution < 1.29 is 0 Å². The summed E-state index contributed by atoms with van der Waals surface area (Å²) in [4.78, 5) is 13.5. The van der Waals surface area contributed by atoms with Crippen LogP contribution in [0.25, 0.3) is 0 Å². The van der Waals surface area contributed by atoms with Gasteiger partial charge in [-0.05, 0) is 25.3 Å². The Morgan fingerprint density at radius 2 is 2.00 bits per heavy atom. The number of aromatic nitrogens is 3. The first kappa shape index (κ1) is 11.2. The number of hydrogen-bond acceptors (Lipinski definition) is 3. The monoisotopic (exact) mass is 216 g/mol. The number of likely N-dealkylation sites (N-methyl/N-ethyl adjacent to an activating group) is 1. The van der Waals surface area contributed by atoms with E-state index in [1.165, 1.54) is 4.57 Å². The standard InChI is InChI=1S/C8H16N4OS/c1-3-11(4-2)5-6-12-7(13)9-10-8(12)14/h3-6H2,1-2H3,(H,9,13)(H,10,14). The highest BCUT2D eigenvalue weighted by molar-refractivity contribution is 7.71. The molecular weight excluding hydrogens is 200 g/mol. The minimum Gasteiger partial charge on any atom is -0.302 e. The normalized spacial score (nSPS) is 11.1.